The van der Waals surface area contributed by atoms with Crippen molar-refractivity contribution in [2.75, 3.05) is 7.11 Å². The monoisotopic (exact) mass is 485 g/mol. The van der Waals surface area contributed by atoms with Crippen LogP contribution in [-0.4, -0.2) is 37.7 Å². The first-order valence-corrected chi connectivity index (χ1v) is 11.0. The predicted octanol–water partition coefficient (Wildman–Crippen LogP) is 3.15. The van der Waals surface area contributed by atoms with E-state index in [2.05, 4.69) is 10.5 Å². The summed E-state index contributed by atoms with van der Waals surface area (Å²) in [5, 5.41) is 24.6. The molecule has 2 N–H and O–H groups in total. The van der Waals surface area contributed by atoms with Crippen LogP contribution in [0.4, 0.5) is 5.69 Å². The number of para-hydroxylation sites is 1. The van der Waals surface area contributed by atoms with Gasteiger partial charge in [0.25, 0.3) is 11.6 Å². The molecule has 3 aromatic carbocycles. The van der Waals surface area contributed by atoms with Crippen molar-refractivity contribution in [3.8, 4) is 17.2 Å². The van der Waals surface area contributed by atoms with Crippen LogP contribution in [0.3, 0.4) is 0 Å². The SMILES string of the molecule is COc1cc(/C=N\NC(=O)c2ccccc2O)ccc1OS(=O)(=O)c1ccc(C)c([N+](=O)[O-])c1. The molecule has 3 rings (SSSR count). The van der Waals surface area contributed by atoms with Crippen molar-refractivity contribution in [2.45, 2.75) is 11.8 Å². The second-order valence-corrected chi connectivity index (χ2v) is 8.42. The molecule has 12 heteroatoms. The highest BCUT2D eigenvalue weighted by atomic mass is 32.2. The van der Waals surface area contributed by atoms with Crippen molar-refractivity contribution in [3.05, 3.63) is 87.5 Å². The van der Waals surface area contributed by atoms with Gasteiger partial charge in [0.1, 0.15) is 10.6 Å². The number of nitrogens with one attached hydrogen (secondary N) is 1. The van der Waals surface area contributed by atoms with Crippen LogP contribution in [0.5, 0.6) is 17.2 Å². The van der Waals surface area contributed by atoms with Crippen molar-refractivity contribution in [3.63, 3.8) is 0 Å². The highest BCUT2D eigenvalue weighted by molar-refractivity contribution is 7.87. The van der Waals surface area contributed by atoms with Crippen molar-refractivity contribution < 1.29 is 32.2 Å². The molecule has 11 nitrogen and oxygen atoms in total. The number of methoxy groups -OCH3 is 1. The van der Waals surface area contributed by atoms with Gasteiger partial charge in [-0.05, 0) is 48.9 Å². The van der Waals surface area contributed by atoms with Crippen LogP contribution in [0, 0.1) is 17.0 Å². The molecule has 0 aromatic heterocycles. The maximum atomic E-state index is 12.7. The molecule has 0 unspecified atom stereocenters. The number of aromatic hydroxyl groups is 1. The molecule has 0 radical (unpaired) electrons. The average Bonchev–Trinajstić information content (AvgIpc) is 2.79. The van der Waals surface area contributed by atoms with Gasteiger partial charge < -0.3 is 14.0 Å². The van der Waals surface area contributed by atoms with E-state index in [1.807, 2.05) is 0 Å². The molecule has 0 spiro atoms. The summed E-state index contributed by atoms with van der Waals surface area (Å²) in [7, 11) is -3.10. The van der Waals surface area contributed by atoms with Crippen molar-refractivity contribution in [1.82, 2.24) is 5.43 Å². The summed E-state index contributed by atoms with van der Waals surface area (Å²) in [5.41, 5.74) is 2.70. The van der Waals surface area contributed by atoms with Crippen LogP contribution in [0.25, 0.3) is 0 Å². The van der Waals surface area contributed by atoms with E-state index in [1.54, 1.807) is 12.1 Å². The molecular weight excluding hydrogens is 466 g/mol. The molecular formula is C22H19N3O8S. The van der Waals surface area contributed by atoms with E-state index in [4.69, 9.17) is 8.92 Å². The number of phenols is 1. The Morgan fingerprint density at radius 2 is 1.85 bits per heavy atom. The van der Waals surface area contributed by atoms with E-state index >= 15 is 0 Å². The van der Waals surface area contributed by atoms with Crippen LogP contribution in [0.1, 0.15) is 21.5 Å². The third-order valence-corrected chi connectivity index (χ3v) is 5.81. The molecule has 34 heavy (non-hydrogen) atoms. The smallest absolute Gasteiger partial charge is 0.339 e. The molecule has 0 aliphatic heterocycles. The number of hydrazone groups is 1. The molecule has 0 fully saturated rings. The number of benzene rings is 3. The first-order chi connectivity index (χ1) is 16.1. The second kappa shape index (κ2) is 10.0. The second-order valence-electron chi connectivity index (χ2n) is 6.87. The third-order valence-electron chi connectivity index (χ3n) is 4.58. The normalized spacial score (nSPS) is 11.2. The van der Waals surface area contributed by atoms with Gasteiger partial charge in [0, 0.05) is 11.6 Å². The Morgan fingerprint density at radius 3 is 2.53 bits per heavy atom. The lowest BCUT2D eigenvalue weighted by Gasteiger charge is -2.11. The number of carbonyl (C=O) groups excluding carboxylic acids is 1. The highest BCUT2D eigenvalue weighted by Gasteiger charge is 2.23. The summed E-state index contributed by atoms with van der Waals surface area (Å²) in [6.45, 7) is 1.49. The fourth-order valence-corrected chi connectivity index (χ4v) is 3.79. The number of rotatable bonds is 8. The first kappa shape index (κ1) is 24.2. The fourth-order valence-electron chi connectivity index (χ4n) is 2.83. The number of nitro groups is 1. The van der Waals surface area contributed by atoms with Gasteiger partial charge in [-0.2, -0.15) is 13.5 Å². The summed E-state index contributed by atoms with van der Waals surface area (Å²) >= 11 is 0. The van der Waals surface area contributed by atoms with Gasteiger partial charge >= 0.3 is 10.1 Å². The zero-order valence-electron chi connectivity index (χ0n) is 18.0. The summed E-state index contributed by atoms with van der Waals surface area (Å²) in [4.78, 5) is 22.1. The third kappa shape index (κ3) is 5.48. The van der Waals surface area contributed by atoms with E-state index in [-0.39, 0.29) is 33.4 Å². The minimum absolute atomic E-state index is 0.0427. The Bertz CT molecular complexity index is 1390. The number of amides is 1. The van der Waals surface area contributed by atoms with E-state index < -0.39 is 20.9 Å². The maximum Gasteiger partial charge on any atom is 0.339 e. The predicted molar refractivity (Wildman–Crippen MR) is 122 cm³/mol. The Hall–Kier alpha value is -4.45. The molecule has 0 aliphatic carbocycles. The summed E-state index contributed by atoms with van der Waals surface area (Å²) in [5.74, 6) is -0.930. The lowest BCUT2D eigenvalue weighted by atomic mass is 10.2. The molecule has 0 saturated heterocycles. The van der Waals surface area contributed by atoms with E-state index in [0.29, 0.717) is 11.1 Å². The first-order valence-electron chi connectivity index (χ1n) is 9.61. The molecule has 0 aliphatic rings. The van der Waals surface area contributed by atoms with Crippen molar-refractivity contribution in [1.29, 1.82) is 0 Å². The van der Waals surface area contributed by atoms with Crippen molar-refractivity contribution in [2.24, 2.45) is 5.10 Å². The Balaban J connectivity index is 1.78. The van der Waals surface area contributed by atoms with Crippen LogP contribution >= 0.6 is 0 Å². The Labute approximate surface area is 194 Å². The molecule has 0 heterocycles. The zero-order valence-corrected chi connectivity index (χ0v) is 18.8. The quantitative estimate of drug-likeness (QED) is 0.213. The summed E-state index contributed by atoms with van der Waals surface area (Å²) in [6, 6.07) is 13.6. The minimum atomic E-state index is -4.39. The molecule has 3 aromatic rings. The van der Waals surface area contributed by atoms with E-state index in [1.165, 1.54) is 62.7 Å². The molecule has 0 saturated carbocycles. The largest absolute Gasteiger partial charge is 0.507 e. The van der Waals surface area contributed by atoms with Gasteiger partial charge in [0.05, 0.1) is 23.8 Å². The standard InChI is InChI=1S/C22H19N3O8S/c1-14-7-9-16(12-18(14)25(28)29)34(30,31)33-20-10-8-15(11-21(20)32-2)13-23-24-22(27)17-5-3-4-6-19(17)26/h3-13,26H,1-2H3,(H,24,27)/b23-13-. The maximum absolute atomic E-state index is 12.7. The van der Waals surface area contributed by atoms with Gasteiger partial charge in [-0.25, -0.2) is 5.43 Å². The average molecular weight is 485 g/mol. The number of nitrogens with zero attached hydrogens (tertiary/aromatic N) is 2. The van der Waals surface area contributed by atoms with Crippen LogP contribution in [0.15, 0.2) is 70.7 Å². The number of hydrogen-bond acceptors (Lipinski definition) is 9. The molecule has 1 amide bonds. The Kier molecular flexibility index (Phi) is 7.12. The number of carbonyl (C=O) groups is 1. The highest BCUT2D eigenvalue weighted by Crippen LogP contribution is 2.31. The summed E-state index contributed by atoms with van der Waals surface area (Å²) in [6.07, 6.45) is 1.28. The van der Waals surface area contributed by atoms with Gasteiger partial charge in [0.15, 0.2) is 11.5 Å². The van der Waals surface area contributed by atoms with E-state index in [0.717, 1.165) is 6.07 Å². The lowest BCUT2D eigenvalue weighted by Crippen LogP contribution is -2.17. The fraction of sp³-hybridized carbons (Fsp3) is 0.0909. The summed E-state index contributed by atoms with van der Waals surface area (Å²) < 4.78 is 35.6. The topological polar surface area (TPSA) is 157 Å². The van der Waals surface area contributed by atoms with Gasteiger partial charge in [-0.1, -0.05) is 18.2 Å². The van der Waals surface area contributed by atoms with Gasteiger partial charge in [0.2, 0.25) is 0 Å². The number of phenolic OH excluding ortho intramolecular Hbond substituents is 1. The molecule has 0 bridgehead atoms. The van der Waals surface area contributed by atoms with Crippen molar-refractivity contribution >= 4 is 27.9 Å². The van der Waals surface area contributed by atoms with E-state index in [9.17, 15) is 28.4 Å². The number of ether oxygens (including phenoxy) is 1. The lowest BCUT2D eigenvalue weighted by molar-refractivity contribution is -0.385. The minimum Gasteiger partial charge on any atom is -0.507 e. The van der Waals surface area contributed by atoms with Crippen LogP contribution in [0.2, 0.25) is 0 Å². The van der Waals surface area contributed by atoms with Gasteiger partial charge in [-0.3, -0.25) is 14.9 Å². The number of nitro benzene ring substituents is 1. The number of aryl methyl sites for hydroxylation is 1. The van der Waals surface area contributed by atoms with Crippen LogP contribution < -0.4 is 14.3 Å². The molecule has 0 atom stereocenters. The number of hydrogen-bond donors (Lipinski definition) is 2. The molecule has 176 valence electrons. The zero-order chi connectivity index (χ0) is 24.9. The van der Waals surface area contributed by atoms with Gasteiger partial charge in [-0.15, -0.1) is 0 Å². The Morgan fingerprint density at radius 1 is 1.12 bits per heavy atom. The van der Waals surface area contributed by atoms with Crippen LogP contribution in [-0.2, 0) is 10.1 Å².